The highest BCUT2D eigenvalue weighted by Gasteiger charge is 2.31. The lowest BCUT2D eigenvalue weighted by molar-refractivity contribution is -0.140. The largest absolute Gasteiger partial charge is 0.342 e. The lowest BCUT2D eigenvalue weighted by Gasteiger charge is -2.37. The Morgan fingerprint density at radius 1 is 1.11 bits per heavy atom. The number of hydrogen-bond acceptors (Lipinski definition) is 3. The lowest BCUT2D eigenvalue weighted by Crippen LogP contribution is -2.49. The molecule has 2 rings (SSSR count). The van der Waals surface area contributed by atoms with Crippen LogP contribution in [0.5, 0.6) is 0 Å². The monoisotopic (exact) mass is 267 g/mol. The molecule has 19 heavy (non-hydrogen) atoms. The molecule has 3 N–H and O–H groups in total. The van der Waals surface area contributed by atoms with Crippen molar-refractivity contribution in [2.24, 2.45) is 11.1 Å². The van der Waals surface area contributed by atoms with Crippen molar-refractivity contribution in [1.82, 2.24) is 10.2 Å². The number of nitrogens with two attached hydrogens (primary N) is 1. The maximum absolute atomic E-state index is 12.2. The molecule has 110 valence electrons. The van der Waals surface area contributed by atoms with Gasteiger partial charge in [0.05, 0.1) is 0 Å². The van der Waals surface area contributed by atoms with E-state index in [9.17, 15) is 4.79 Å². The zero-order chi connectivity index (χ0) is 14.0. The Hall–Kier alpha value is -0.610. The van der Waals surface area contributed by atoms with E-state index in [-0.39, 0.29) is 11.3 Å². The predicted octanol–water partition coefficient (Wildman–Crippen LogP) is 1.49. The second-order valence-electron chi connectivity index (χ2n) is 7.25. The first-order chi connectivity index (χ1) is 8.86. The molecule has 4 heteroatoms. The molecule has 1 heterocycles. The summed E-state index contributed by atoms with van der Waals surface area (Å²) in [5.74, 6) is 0.286. The van der Waals surface area contributed by atoms with E-state index in [2.05, 4.69) is 5.32 Å². The van der Waals surface area contributed by atoms with Gasteiger partial charge in [0.1, 0.15) is 0 Å². The second kappa shape index (κ2) is 5.80. The number of piperidine rings is 1. The Kier molecular flexibility index (Phi) is 4.51. The Morgan fingerprint density at radius 2 is 1.74 bits per heavy atom. The van der Waals surface area contributed by atoms with Gasteiger partial charge in [-0.2, -0.15) is 0 Å². The van der Waals surface area contributed by atoms with Gasteiger partial charge >= 0.3 is 0 Å². The number of likely N-dealkylation sites (tertiary alicyclic amines) is 1. The van der Waals surface area contributed by atoms with Gasteiger partial charge in [0.25, 0.3) is 0 Å². The van der Waals surface area contributed by atoms with Crippen LogP contribution in [0.3, 0.4) is 0 Å². The number of rotatable bonds is 2. The van der Waals surface area contributed by atoms with Crippen LogP contribution in [0.4, 0.5) is 0 Å². The van der Waals surface area contributed by atoms with Gasteiger partial charge in [-0.3, -0.25) is 4.79 Å². The van der Waals surface area contributed by atoms with E-state index in [0.29, 0.717) is 18.1 Å². The van der Waals surface area contributed by atoms with Gasteiger partial charge < -0.3 is 16.0 Å². The SMILES string of the molecule is CC(C)(C)C(=O)N1CCC(NC2CCC(N)C2)CC1. The van der Waals surface area contributed by atoms with Crippen molar-refractivity contribution < 1.29 is 4.79 Å². The average Bonchev–Trinajstić information content (AvgIpc) is 2.74. The third kappa shape index (κ3) is 3.93. The minimum atomic E-state index is -0.251. The molecule has 2 aliphatic rings. The molecule has 1 saturated heterocycles. The molecule has 2 unspecified atom stereocenters. The highest BCUT2D eigenvalue weighted by molar-refractivity contribution is 5.81. The number of nitrogens with zero attached hydrogens (tertiary/aromatic N) is 1. The highest BCUT2D eigenvalue weighted by Crippen LogP contribution is 2.23. The van der Waals surface area contributed by atoms with Gasteiger partial charge in [-0.15, -0.1) is 0 Å². The molecular formula is C15H29N3O. The lowest BCUT2D eigenvalue weighted by atomic mass is 9.93. The smallest absolute Gasteiger partial charge is 0.227 e. The summed E-state index contributed by atoms with van der Waals surface area (Å²) in [7, 11) is 0. The van der Waals surface area contributed by atoms with Crippen molar-refractivity contribution in [3.8, 4) is 0 Å². The van der Waals surface area contributed by atoms with E-state index in [0.717, 1.165) is 38.8 Å². The molecule has 0 aromatic carbocycles. The molecular weight excluding hydrogens is 238 g/mol. The molecule has 2 fully saturated rings. The van der Waals surface area contributed by atoms with Crippen LogP contribution in [0.15, 0.2) is 0 Å². The molecule has 1 aliphatic heterocycles. The molecule has 0 aromatic heterocycles. The van der Waals surface area contributed by atoms with Crippen LogP contribution in [0.1, 0.15) is 52.9 Å². The second-order valence-corrected chi connectivity index (χ2v) is 7.25. The molecule has 1 saturated carbocycles. The minimum Gasteiger partial charge on any atom is -0.342 e. The zero-order valence-electron chi connectivity index (χ0n) is 12.6. The Labute approximate surface area is 117 Å². The molecule has 2 atom stereocenters. The van der Waals surface area contributed by atoms with Crippen LogP contribution in [0.2, 0.25) is 0 Å². The number of hydrogen-bond donors (Lipinski definition) is 2. The van der Waals surface area contributed by atoms with Crippen molar-refractivity contribution >= 4 is 5.91 Å². The van der Waals surface area contributed by atoms with E-state index in [1.54, 1.807) is 0 Å². The highest BCUT2D eigenvalue weighted by atomic mass is 16.2. The third-order valence-corrected chi connectivity index (χ3v) is 4.37. The minimum absolute atomic E-state index is 0.251. The number of nitrogens with one attached hydrogen (secondary N) is 1. The molecule has 1 amide bonds. The molecule has 0 radical (unpaired) electrons. The summed E-state index contributed by atoms with van der Waals surface area (Å²) in [6, 6.07) is 1.56. The molecule has 4 nitrogen and oxygen atoms in total. The summed E-state index contributed by atoms with van der Waals surface area (Å²) >= 11 is 0. The summed E-state index contributed by atoms with van der Waals surface area (Å²) in [5, 5.41) is 3.73. The van der Waals surface area contributed by atoms with Gasteiger partial charge in [-0.1, -0.05) is 20.8 Å². The van der Waals surface area contributed by atoms with Gasteiger partial charge in [-0.25, -0.2) is 0 Å². The number of carbonyl (C=O) groups is 1. The molecule has 0 bridgehead atoms. The summed E-state index contributed by atoms with van der Waals surface area (Å²) in [6.07, 6.45) is 5.63. The summed E-state index contributed by atoms with van der Waals surface area (Å²) in [4.78, 5) is 14.2. The van der Waals surface area contributed by atoms with E-state index < -0.39 is 0 Å². The Morgan fingerprint density at radius 3 is 2.21 bits per heavy atom. The third-order valence-electron chi connectivity index (χ3n) is 4.37. The van der Waals surface area contributed by atoms with Crippen molar-refractivity contribution in [2.45, 2.75) is 71.0 Å². The molecule has 0 aromatic rings. The van der Waals surface area contributed by atoms with Crippen LogP contribution in [-0.4, -0.2) is 42.0 Å². The maximum Gasteiger partial charge on any atom is 0.227 e. The van der Waals surface area contributed by atoms with Crippen molar-refractivity contribution in [2.75, 3.05) is 13.1 Å². The van der Waals surface area contributed by atoms with Gasteiger partial charge in [0.15, 0.2) is 0 Å². The fraction of sp³-hybridized carbons (Fsp3) is 0.933. The summed E-state index contributed by atoms with van der Waals surface area (Å²) in [5.41, 5.74) is 5.70. The molecule has 0 spiro atoms. The number of amides is 1. The first-order valence-electron chi connectivity index (χ1n) is 7.67. The first kappa shape index (κ1) is 14.8. The van der Waals surface area contributed by atoms with Crippen molar-refractivity contribution in [3.63, 3.8) is 0 Å². The van der Waals surface area contributed by atoms with E-state index in [1.165, 1.54) is 6.42 Å². The number of carbonyl (C=O) groups excluding carboxylic acids is 1. The van der Waals surface area contributed by atoms with Crippen LogP contribution >= 0.6 is 0 Å². The zero-order valence-corrected chi connectivity index (χ0v) is 12.6. The fourth-order valence-electron chi connectivity index (χ4n) is 3.22. The van der Waals surface area contributed by atoms with Crippen molar-refractivity contribution in [1.29, 1.82) is 0 Å². The van der Waals surface area contributed by atoms with E-state index in [4.69, 9.17) is 5.73 Å². The quantitative estimate of drug-likeness (QED) is 0.797. The normalized spacial score (nSPS) is 29.8. The summed E-state index contributed by atoms with van der Waals surface area (Å²) in [6.45, 7) is 7.79. The van der Waals surface area contributed by atoms with Crippen molar-refractivity contribution in [3.05, 3.63) is 0 Å². The van der Waals surface area contributed by atoms with Crippen LogP contribution in [0, 0.1) is 5.41 Å². The van der Waals surface area contributed by atoms with Crippen LogP contribution in [-0.2, 0) is 4.79 Å². The Bertz CT molecular complexity index is 316. The van der Waals surface area contributed by atoms with E-state index >= 15 is 0 Å². The average molecular weight is 267 g/mol. The predicted molar refractivity (Wildman–Crippen MR) is 77.8 cm³/mol. The topological polar surface area (TPSA) is 58.4 Å². The fourth-order valence-corrected chi connectivity index (χ4v) is 3.22. The van der Waals surface area contributed by atoms with Gasteiger partial charge in [0.2, 0.25) is 5.91 Å². The standard InChI is InChI=1S/C15H29N3O/c1-15(2,3)14(19)18-8-6-12(7-9-18)17-13-5-4-11(16)10-13/h11-13,17H,4-10,16H2,1-3H3. The summed E-state index contributed by atoms with van der Waals surface area (Å²) < 4.78 is 0. The van der Waals surface area contributed by atoms with Gasteiger partial charge in [-0.05, 0) is 32.1 Å². The van der Waals surface area contributed by atoms with Gasteiger partial charge in [0, 0.05) is 36.6 Å². The first-order valence-corrected chi connectivity index (χ1v) is 7.67. The van der Waals surface area contributed by atoms with Crippen LogP contribution in [0.25, 0.3) is 0 Å². The molecule has 1 aliphatic carbocycles. The maximum atomic E-state index is 12.2. The Balaban J connectivity index is 1.75. The van der Waals surface area contributed by atoms with E-state index in [1.807, 2.05) is 25.7 Å². The van der Waals surface area contributed by atoms with Crippen LogP contribution < -0.4 is 11.1 Å².